The molecule has 3 aromatic rings. The molecule has 5 rings (SSSR count). The molecule has 0 atom stereocenters. The molecule has 0 spiro atoms. The second-order valence-corrected chi connectivity index (χ2v) is 10.8. The zero-order valence-electron chi connectivity index (χ0n) is 17.7. The average Bonchev–Trinajstić information content (AvgIpc) is 3.42. The molecule has 2 aliphatic heterocycles. The van der Waals surface area contributed by atoms with Gasteiger partial charge in [-0.25, -0.2) is 13.4 Å². The number of aryl methyl sites for hydroxylation is 2. The Morgan fingerprint density at radius 1 is 1.09 bits per heavy atom. The van der Waals surface area contributed by atoms with E-state index in [1.54, 1.807) is 34.7 Å². The summed E-state index contributed by atoms with van der Waals surface area (Å²) in [7, 11) is -3.72. The Kier molecular flexibility index (Phi) is 5.38. The summed E-state index contributed by atoms with van der Waals surface area (Å²) < 4.78 is 27.9. The number of amides is 1. The fraction of sp³-hybridized carbons (Fsp3) is 0.304. The molecule has 166 valence electrons. The topological polar surface area (TPSA) is 82.6 Å². The molecule has 32 heavy (non-hydrogen) atoms. The number of carbonyl (C=O) groups excluding carboxylic acids is 1. The number of nitrogens with one attached hydrogen (secondary N) is 1. The molecule has 1 N–H and O–H groups in total. The predicted molar refractivity (Wildman–Crippen MR) is 127 cm³/mol. The molecule has 0 unspecified atom stereocenters. The van der Waals surface area contributed by atoms with Crippen molar-refractivity contribution in [2.24, 2.45) is 0 Å². The number of fused-ring (bicyclic) bond motifs is 2. The Labute approximate surface area is 191 Å². The Morgan fingerprint density at radius 2 is 1.91 bits per heavy atom. The van der Waals surface area contributed by atoms with Gasteiger partial charge in [0.1, 0.15) is 0 Å². The number of rotatable bonds is 5. The maximum absolute atomic E-state index is 13.2. The molecule has 0 bridgehead atoms. The molecule has 0 fully saturated rings. The minimum atomic E-state index is -3.72. The summed E-state index contributed by atoms with van der Waals surface area (Å²) in [4.78, 5) is 21.3. The summed E-state index contributed by atoms with van der Waals surface area (Å²) >= 11 is 1.23. The molecule has 0 radical (unpaired) electrons. The van der Waals surface area contributed by atoms with Crippen LogP contribution >= 0.6 is 11.3 Å². The number of hydrogen-bond acceptors (Lipinski definition) is 6. The largest absolute Gasteiger partial charge is 0.362 e. The van der Waals surface area contributed by atoms with E-state index in [4.69, 9.17) is 0 Å². The highest BCUT2D eigenvalue weighted by atomic mass is 32.2. The standard InChI is InChI=1S/C23H24N4O3S2/c1-16-4-6-20-17(13-16)3-2-10-26(20)15-22(28)27-11-8-18-14-19(5-7-21(18)27)32(29,30)25-23-24-9-12-31-23/h4-7,9,12-14H,2-3,8,10-11,15H2,1H3,(H,24,25). The summed E-state index contributed by atoms with van der Waals surface area (Å²) in [6.45, 7) is 3.84. The van der Waals surface area contributed by atoms with Crippen LogP contribution in [0.5, 0.6) is 0 Å². The third-order valence-corrected chi connectivity index (χ3v) is 8.14. The highest BCUT2D eigenvalue weighted by molar-refractivity contribution is 7.93. The summed E-state index contributed by atoms with van der Waals surface area (Å²) in [5.41, 5.74) is 5.35. The summed E-state index contributed by atoms with van der Waals surface area (Å²) in [6.07, 6.45) is 4.27. The van der Waals surface area contributed by atoms with Gasteiger partial charge in [0.25, 0.3) is 10.0 Å². The van der Waals surface area contributed by atoms with E-state index < -0.39 is 10.0 Å². The van der Waals surface area contributed by atoms with E-state index in [0.717, 1.165) is 36.3 Å². The molecule has 0 saturated heterocycles. The van der Waals surface area contributed by atoms with Crippen LogP contribution in [0.1, 0.15) is 23.1 Å². The number of carbonyl (C=O) groups is 1. The second-order valence-electron chi connectivity index (χ2n) is 8.19. The smallest absolute Gasteiger partial charge is 0.263 e. The molecule has 2 aliphatic rings. The third kappa shape index (κ3) is 3.98. The van der Waals surface area contributed by atoms with Crippen molar-refractivity contribution in [3.05, 3.63) is 64.7 Å². The first-order chi connectivity index (χ1) is 15.4. The van der Waals surface area contributed by atoms with E-state index in [2.05, 4.69) is 39.7 Å². The number of anilines is 3. The number of hydrogen-bond donors (Lipinski definition) is 1. The van der Waals surface area contributed by atoms with Crippen LogP contribution in [0.3, 0.4) is 0 Å². The van der Waals surface area contributed by atoms with Crippen LogP contribution in [0.25, 0.3) is 0 Å². The molecule has 2 aromatic carbocycles. The lowest BCUT2D eigenvalue weighted by Crippen LogP contribution is -2.41. The lowest BCUT2D eigenvalue weighted by atomic mass is 9.99. The molecular formula is C23H24N4O3S2. The van der Waals surface area contributed by atoms with Crippen molar-refractivity contribution >= 4 is 43.8 Å². The van der Waals surface area contributed by atoms with Gasteiger partial charge < -0.3 is 9.80 Å². The predicted octanol–water partition coefficient (Wildman–Crippen LogP) is 3.59. The van der Waals surface area contributed by atoms with Crippen molar-refractivity contribution in [1.29, 1.82) is 0 Å². The van der Waals surface area contributed by atoms with E-state index in [1.807, 2.05) is 0 Å². The molecule has 1 aromatic heterocycles. The normalized spacial score (nSPS) is 15.4. The van der Waals surface area contributed by atoms with Gasteiger partial charge in [0.2, 0.25) is 5.91 Å². The van der Waals surface area contributed by atoms with Crippen LogP contribution in [0.15, 0.2) is 52.9 Å². The molecule has 9 heteroatoms. The quantitative estimate of drug-likeness (QED) is 0.619. The number of sulfonamides is 1. The van der Waals surface area contributed by atoms with Gasteiger partial charge in [-0.2, -0.15) is 0 Å². The van der Waals surface area contributed by atoms with Crippen molar-refractivity contribution in [3.8, 4) is 0 Å². The van der Waals surface area contributed by atoms with Crippen molar-refractivity contribution in [3.63, 3.8) is 0 Å². The highest BCUT2D eigenvalue weighted by Crippen LogP contribution is 2.32. The SMILES string of the molecule is Cc1ccc2c(c1)CCCN2CC(=O)N1CCc2cc(S(=O)(=O)Nc3nccs3)ccc21. The molecule has 0 aliphatic carbocycles. The van der Waals surface area contributed by atoms with Crippen LogP contribution in [-0.2, 0) is 27.7 Å². The van der Waals surface area contributed by atoms with Crippen LogP contribution in [0.4, 0.5) is 16.5 Å². The minimum absolute atomic E-state index is 0.0358. The van der Waals surface area contributed by atoms with Crippen LogP contribution in [0.2, 0.25) is 0 Å². The maximum Gasteiger partial charge on any atom is 0.263 e. The molecule has 3 heterocycles. The highest BCUT2D eigenvalue weighted by Gasteiger charge is 2.29. The van der Waals surface area contributed by atoms with Crippen molar-refractivity contribution in [2.45, 2.75) is 31.1 Å². The molecular weight excluding hydrogens is 444 g/mol. The lowest BCUT2D eigenvalue weighted by molar-refractivity contribution is -0.117. The zero-order chi connectivity index (χ0) is 22.3. The van der Waals surface area contributed by atoms with Gasteiger partial charge in [-0.1, -0.05) is 17.7 Å². The van der Waals surface area contributed by atoms with Crippen LogP contribution in [-0.4, -0.2) is 38.9 Å². The first-order valence-corrected chi connectivity index (χ1v) is 13.0. The number of aromatic nitrogens is 1. The van der Waals surface area contributed by atoms with E-state index in [1.165, 1.54) is 22.5 Å². The fourth-order valence-electron chi connectivity index (χ4n) is 4.47. The van der Waals surface area contributed by atoms with Gasteiger partial charge in [0, 0.05) is 36.0 Å². The number of thiazole rings is 1. The Hall–Kier alpha value is -2.91. The van der Waals surface area contributed by atoms with E-state index in [9.17, 15) is 13.2 Å². The van der Waals surface area contributed by atoms with Crippen molar-refractivity contribution in [1.82, 2.24) is 4.98 Å². The number of benzene rings is 2. The van der Waals surface area contributed by atoms with Gasteiger partial charge in [-0.05, 0) is 61.6 Å². The van der Waals surface area contributed by atoms with E-state index in [-0.39, 0.29) is 10.8 Å². The summed E-state index contributed by atoms with van der Waals surface area (Å²) in [5.74, 6) is 0.0358. The van der Waals surface area contributed by atoms with Gasteiger partial charge in [-0.3, -0.25) is 9.52 Å². The summed E-state index contributed by atoms with van der Waals surface area (Å²) in [6, 6.07) is 11.4. The molecule has 7 nitrogen and oxygen atoms in total. The van der Waals surface area contributed by atoms with Crippen molar-refractivity contribution < 1.29 is 13.2 Å². The van der Waals surface area contributed by atoms with Gasteiger partial charge in [0.15, 0.2) is 5.13 Å². The fourth-order valence-corrected chi connectivity index (χ4v) is 6.31. The van der Waals surface area contributed by atoms with Gasteiger partial charge >= 0.3 is 0 Å². The Morgan fingerprint density at radius 3 is 2.72 bits per heavy atom. The monoisotopic (exact) mass is 468 g/mol. The van der Waals surface area contributed by atoms with E-state index >= 15 is 0 Å². The van der Waals surface area contributed by atoms with Gasteiger partial charge in [-0.15, -0.1) is 11.3 Å². The van der Waals surface area contributed by atoms with Crippen molar-refractivity contribution in [2.75, 3.05) is 34.2 Å². The average molecular weight is 469 g/mol. The zero-order valence-corrected chi connectivity index (χ0v) is 19.4. The minimum Gasteiger partial charge on any atom is -0.362 e. The first kappa shape index (κ1) is 21.0. The first-order valence-electron chi connectivity index (χ1n) is 10.6. The van der Waals surface area contributed by atoms with E-state index in [0.29, 0.717) is 24.6 Å². The van der Waals surface area contributed by atoms with Gasteiger partial charge in [0.05, 0.1) is 11.4 Å². The Balaban J connectivity index is 1.33. The van der Waals surface area contributed by atoms with Crippen LogP contribution < -0.4 is 14.5 Å². The number of nitrogens with zero attached hydrogens (tertiary/aromatic N) is 3. The van der Waals surface area contributed by atoms with Crippen LogP contribution in [0, 0.1) is 6.92 Å². The second kappa shape index (κ2) is 8.22. The molecule has 0 saturated carbocycles. The lowest BCUT2D eigenvalue weighted by Gasteiger charge is -2.32. The molecule has 1 amide bonds. The Bertz CT molecular complexity index is 1270. The maximum atomic E-state index is 13.2. The summed E-state index contributed by atoms with van der Waals surface area (Å²) in [5, 5.41) is 2.05. The third-order valence-electron chi connectivity index (χ3n) is 5.99.